The zero-order valence-corrected chi connectivity index (χ0v) is 16.1. The van der Waals surface area contributed by atoms with Gasteiger partial charge in [0.2, 0.25) is 0 Å². The summed E-state index contributed by atoms with van der Waals surface area (Å²) in [6.07, 6.45) is 4.08. The van der Waals surface area contributed by atoms with Crippen molar-refractivity contribution in [3.05, 3.63) is 18.0 Å². The fourth-order valence-electron chi connectivity index (χ4n) is 3.13. The quantitative estimate of drug-likeness (QED) is 0.575. The molecule has 4 heterocycles. The largest absolute Gasteiger partial charge is 0.379 e. The summed E-state index contributed by atoms with van der Waals surface area (Å²) in [4.78, 5) is 21.4. The summed E-state index contributed by atoms with van der Waals surface area (Å²) in [5.41, 5.74) is 7.91. The minimum atomic E-state index is -0.167. The molecule has 0 aliphatic carbocycles. The predicted molar refractivity (Wildman–Crippen MR) is 104 cm³/mol. The van der Waals surface area contributed by atoms with Crippen LogP contribution in [0, 0.1) is 0 Å². The summed E-state index contributed by atoms with van der Waals surface area (Å²) in [5, 5.41) is 13.7. The van der Waals surface area contributed by atoms with Gasteiger partial charge in [-0.1, -0.05) is 0 Å². The fourth-order valence-corrected chi connectivity index (χ4v) is 3.13. The summed E-state index contributed by atoms with van der Waals surface area (Å²) in [6.45, 7) is 4.21. The highest BCUT2D eigenvalue weighted by Gasteiger charge is 2.24. The number of nitrogens with zero attached hydrogens (tertiary/aromatic N) is 5. The van der Waals surface area contributed by atoms with E-state index >= 15 is 0 Å². The number of halogens is 2. The Labute approximate surface area is 167 Å². The van der Waals surface area contributed by atoms with Gasteiger partial charge in [0.05, 0.1) is 17.3 Å². The molecule has 10 nitrogen and oxygen atoms in total. The lowest BCUT2D eigenvalue weighted by Gasteiger charge is -2.13. The van der Waals surface area contributed by atoms with Crippen LogP contribution in [0.5, 0.6) is 0 Å². The number of nitrogens with one attached hydrogen (secondary N) is 2. The fraction of sp³-hybridized carbons (Fsp3) is 0.400. The molecule has 0 radical (unpaired) electrons. The van der Waals surface area contributed by atoms with E-state index in [1.54, 1.807) is 12.4 Å². The molecule has 146 valence electrons. The maximum Gasteiger partial charge on any atom is 0.255 e. The molecule has 0 saturated carbocycles. The number of anilines is 1. The van der Waals surface area contributed by atoms with Crippen LogP contribution >= 0.6 is 24.8 Å². The van der Waals surface area contributed by atoms with Crippen molar-refractivity contribution in [1.82, 2.24) is 35.5 Å². The van der Waals surface area contributed by atoms with Crippen LogP contribution in [-0.4, -0.2) is 49.9 Å². The van der Waals surface area contributed by atoms with Crippen LogP contribution in [0.3, 0.4) is 0 Å². The third-order valence-corrected chi connectivity index (χ3v) is 4.33. The molecule has 1 aliphatic heterocycles. The van der Waals surface area contributed by atoms with Crippen molar-refractivity contribution >= 4 is 47.6 Å². The molecule has 1 aliphatic rings. The Hall–Kier alpha value is -2.43. The first kappa shape index (κ1) is 20.9. The molecule has 0 bridgehead atoms. The van der Waals surface area contributed by atoms with Gasteiger partial charge in [0.15, 0.2) is 17.3 Å². The van der Waals surface area contributed by atoms with E-state index in [0.717, 1.165) is 19.5 Å². The second kappa shape index (κ2) is 8.51. The number of aromatic nitrogens is 5. The topological polar surface area (TPSA) is 137 Å². The number of nitrogen functional groups attached to an aromatic ring is 1. The summed E-state index contributed by atoms with van der Waals surface area (Å²) >= 11 is 0. The molecular weight excluding hydrogens is 395 g/mol. The molecule has 0 aromatic carbocycles. The Balaban J connectivity index is 0.00000131. The first-order chi connectivity index (χ1) is 12.2. The lowest BCUT2D eigenvalue weighted by atomic mass is 10.2. The SMILES string of the molecule is CCn1c(-c2nonc2N)nc2cncc(C(=O)N[C@@H]3CCNC3)c21.Cl.Cl. The predicted octanol–water partition coefficient (Wildman–Crippen LogP) is 1.02. The molecule has 0 unspecified atom stereocenters. The molecule has 4 N–H and O–H groups in total. The number of fused-ring (bicyclic) bond motifs is 1. The highest BCUT2D eigenvalue weighted by molar-refractivity contribution is 6.05. The molecule has 27 heavy (non-hydrogen) atoms. The minimum absolute atomic E-state index is 0. The van der Waals surface area contributed by atoms with Gasteiger partial charge in [-0.05, 0) is 30.2 Å². The average Bonchev–Trinajstić information content (AvgIpc) is 3.33. The van der Waals surface area contributed by atoms with Gasteiger partial charge >= 0.3 is 0 Å². The maximum absolute atomic E-state index is 12.8. The van der Waals surface area contributed by atoms with E-state index in [1.807, 2.05) is 11.5 Å². The van der Waals surface area contributed by atoms with E-state index in [1.165, 1.54) is 0 Å². The molecular formula is C15H20Cl2N8O2. The van der Waals surface area contributed by atoms with E-state index in [2.05, 4.69) is 35.5 Å². The summed E-state index contributed by atoms with van der Waals surface area (Å²) in [7, 11) is 0. The normalized spacial score (nSPS) is 16.0. The van der Waals surface area contributed by atoms with Gasteiger partial charge in [-0.25, -0.2) is 9.61 Å². The van der Waals surface area contributed by atoms with Gasteiger partial charge in [-0.2, -0.15) is 0 Å². The number of hydrogen-bond acceptors (Lipinski definition) is 8. The van der Waals surface area contributed by atoms with E-state index < -0.39 is 0 Å². The van der Waals surface area contributed by atoms with Gasteiger partial charge in [-0.3, -0.25) is 9.78 Å². The Morgan fingerprint density at radius 1 is 1.41 bits per heavy atom. The van der Waals surface area contributed by atoms with Crippen molar-refractivity contribution < 1.29 is 9.42 Å². The standard InChI is InChI=1S/C15H18N8O2.2ClH/c1-2-23-12-9(15(24)19-8-3-4-17-5-8)6-18-7-10(12)20-14(23)11-13(16)22-25-21-11;;/h6-8,17H,2-5H2,1H3,(H2,16,22)(H,19,24);2*1H/t8-;;/m1../s1. The lowest BCUT2D eigenvalue weighted by Crippen LogP contribution is -2.36. The molecule has 1 saturated heterocycles. The van der Waals surface area contributed by atoms with Crippen molar-refractivity contribution in [3.63, 3.8) is 0 Å². The Bertz CT molecular complexity index is 935. The Morgan fingerprint density at radius 2 is 2.22 bits per heavy atom. The summed E-state index contributed by atoms with van der Waals surface area (Å²) in [5.74, 6) is 0.487. The number of carbonyl (C=O) groups excluding carboxylic acids is 1. The number of nitrogens with two attached hydrogens (primary N) is 1. The highest BCUT2D eigenvalue weighted by atomic mass is 35.5. The first-order valence-electron chi connectivity index (χ1n) is 8.13. The summed E-state index contributed by atoms with van der Waals surface area (Å²) in [6, 6.07) is 0.121. The molecule has 3 aromatic rings. The lowest BCUT2D eigenvalue weighted by molar-refractivity contribution is 0.0941. The maximum atomic E-state index is 12.8. The number of hydrogen-bond donors (Lipinski definition) is 3. The van der Waals surface area contributed by atoms with Crippen LogP contribution in [0.1, 0.15) is 23.7 Å². The monoisotopic (exact) mass is 414 g/mol. The summed E-state index contributed by atoms with van der Waals surface area (Å²) < 4.78 is 6.55. The van der Waals surface area contributed by atoms with Crippen LogP contribution in [-0.2, 0) is 6.54 Å². The number of pyridine rings is 1. The van der Waals surface area contributed by atoms with E-state index in [-0.39, 0.29) is 42.6 Å². The molecule has 4 rings (SSSR count). The number of carbonyl (C=O) groups is 1. The van der Waals surface area contributed by atoms with E-state index in [4.69, 9.17) is 5.73 Å². The minimum Gasteiger partial charge on any atom is -0.379 e. The second-order valence-electron chi connectivity index (χ2n) is 5.90. The zero-order valence-electron chi connectivity index (χ0n) is 14.5. The molecule has 1 amide bonds. The van der Waals surface area contributed by atoms with Crippen molar-refractivity contribution in [2.45, 2.75) is 25.9 Å². The van der Waals surface area contributed by atoms with Crippen molar-refractivity contribution in [3.8, 4) is 11.5 Å². The zero-order chi connectivity index (χ0) is 17.4. The van der Waals surface area contributed by atoms with Crippen molar-refractivity contribution in [2.75, 3.05) is 18.8 Å². The van der Waals surface area contributed by atoms with Crippen LogP contribution < -0.4 is 16.4 Å². The van der Waals surface area contributed by atoms with Crippen LogP contribution in [0.2, 0.25) is 0 Å². The van der Waals surface area contributed by atoms with Gasteiger partial charge in [-0.15, -0.1) is 24.8 Å². The molecule has 1 atom stereocenters. The van der Waals surface area contributed by atoms with Gasteiger partial charge < -0.3 is 20.9 Å². The third kappa shape index (κ3) is 3.68. The average molecular weight is 415 g/mol. The van der Waals surface area contributed by atoms with Crippen LogP contribution in [0.25, 0.3) is 22.6 Å². The van der Waals surface area contributed by atoms with Crippen LogP contribution in [0.15, 0.2) is 17.0 Å². The number of imidazole rings is 1. The number of aryl methyl sites for hydroxylation is 1. The first-order valence-corrected chi connectivity index (χ1v) is 8.13. The molecule has 0 spiro atoms. The number of amides is 1. The van der Waals surface area contributed by atoms with E-state index in [0.29, 0.717) is 34.7 Å². The molecule has 12 heteroatoms. The molecule has 1 fully saturated rings. The highest BCUT2D eigenvalue weighted by Crippen LogP contribution is 2.28. The van der Waals surface area contributed by atoms with Gasteiger partial charge in [0.25, 0.3) is 5.91 Å². The Morgan fingerprint density at radius 3 is 2.85 bits per heavy atom. The third-order valence-electron chi connectivity index (χ3n) is 4.33. The van der Waals surface area contributed by atoms with Gasteiger partial charge in [0.1, 0.15) is 5.52 Å². The van der Waals surface area contributed by atoms with Crippen molar-refractivity contribution in [2.24, 2.45) is 0 Å². The Kier molecular flexibility index (Phi) is 6.58. The second-order valence-corrected chi connectivity index (χ2v) is 5.90. The van der Waals surface area contributed by atoms with Gasteiger partial charge in [0, 0.05) is 25.3 Å². The molecule has 3 aromatic heterocycles. The smallest absolute Gasteiger partial charge is 0.255 e. The van der Waals surface area contributed by atoms with Crippen LogP contribution in [0.4, 0.5) is 5.82 Å². The van der Waals surface area contributed by atoms with Crippen molar-refractivity contribution in [1.29, 1.82) is 0 Å². The van der Waals surface area contributed by atoms with E-state index in [9.17, 15) is 4.79 Å². The number of rotatable bonds is 4.